The first-order valence-corrected chi connectivity index (χ1v) is 9.96. The zero-order valence-corrected chi connectivity index (χ0v) is 16.4. The molecule has 0 aliphatic carbocycles. The lowest BCUT2D eigenvalue weighted by Gasteiger charge is -2.10. The van der Waals surface area contributed by atoms with Crippen LogP contribution in [-0.4, -0.2) is 23.6 Å². The monoisotopic (exact) mass is 398 g/mol. The molecule has 1 heterocycles. The van der Waals surface area contributed by atoms with Crippen LogP contribution in [0.4, 0.5) is 5.69 Å². The summed E-state index contributed by atoms with van der Waals surface area (Å²) in [6, 6.07) is 26.3. The highest BCUT2D eigenvalue weighted by atomic mass is 16.2. The zero-order valence-electron chi connectivity index (χ0n) is 16.4. The number of carbonyl (C=O) groups excluding carboxylic acids is 3. The molecule has 150 valence electrons. The Balaban J connectivity index is 1.38. The summed E-state index contributed by atoms with van der Waals surface area (Å²) >= 11 is 0. The van der Waals surface area contributed by atoms with Gasteiger partial charge in [-0.1, -0.05) is 72.8 Å². The van der Waals surface area contributed by atoms with Crippen LogP contribution in [0.5, 0.6) is 0 Å². The van der Waals surface area contributed by atoms with Crippen LogP contribution >= 0.6 is 0 Å². The summed E-state index contributed by atoms with van der Waals surface area (Å²) in [5.41, 5.74) is 3.73. The van der Waals surface area contributed by atoms with E-state index in [-0.39, 0.29) is 5.78 Å². The third kappa shape index (κ3) is 4.30. The Labute approximate surface area is 175 Å². The minimum absolute atomic E-state index is 0.366. The lowest BCUT2D eigenvalue weighted by atomic mass is 9.97. The normalized spacial score (nSPS) is 18.1. The van der Waals surface area contributed by atoms with Crippen LogP contribution < -0.4 is 10.6 Å². The van der Waals surface area contributed by atoms with Crippen LogP contribution in [-0.2, 0) is 20.8 Å². The zero-order chi connectivity index (χ0) is 20.9. The third-order valence-corrected chi connectivity index (χ3v) is 5.29. The Morgan fingerprint density at radius 3 is 2.07 bits per heavy atom. The largest absolute Gasteiger partial charge is 0.345 e. The van der Waals surface area contributed by atoms with Crippen molar-refractivity contribution in [2.45, 2.75) is 18.9 Å². The number of ketones is 1. The molecule has 0 aromatic heterocycles. The summed E-state index contributed by atoms with van der Waals surface area (Å²) < 4.78 is 0. The van der Waals surface area contributed by atoms with E-state index in [4.69, 9.17) is 0 Å². The van der Waals surface area contributed by atoms with Crippen LogP contribution in [0.15, 0.2) is 84.9 Å². The highest BCUT2D eigenvalue weighted by Gasteiger charge is 2.45. The van der Waals surface area contributed by atoms with E-state index in [9.17, 15) is 14.4 Å². The van der Waals surface area contributed by atoms with Crippen molar-refractivity contribution in [3.63, 3.8) is 0 Å². The smallest absolute Gasteiger partial charge is 0.244 e. The molecular formula is C25H22N2O3. The molecule has 5 heteroatoms. The minimum atomic E-state index is -1.31. The third-order valence-electron chi connectivity index (χ3n) is 5.29. The number of Topliss-reactive ketones (excluding diaryl/α,β-unsaturated/α-hetero) is 1. The molecule has 1 saturated heterocycles. The van der Waals surface area contributed by atoms with Crippen molar-refractivity contribution >= 4 is 23.3 Å². The fraction of sp³-hybridized carbons (Fsp3) is 0.160. The highest BCUT2D eigenvalue weighted by Crippen LogP contribution is 2.22. The van der Waals surface area contributed by atoms with Gasteiger partial charge in [0.2, 0.25) is 11.8 Å². The van der Waals surface area contributed by atoms with Gasteiger partial charge in [-0.15, -0.1) is 0 Å². The van der Waals surface area contributed by atoms with Crippen molar-refractivity contribution in [1.82, 2.24) is 5.32 Å². The van der Waals surface area contributed by atoms with Gasteiger partial charge in [0, 0.05) is 5.69 Å². The van der Waals surface area contributed by atoms with E-state index in [1.807, 2.05) is 72.8 Å². The first-order chi connectivity index (χ1) is 14.6. The number of hydrogen-bond acceptors (Lipinski definition) is 3. The lowest BCUT2D eigenvalue weighted by Crippen LogP contribution is -2.32. The number of carbonyl (C=O) groups is 3. The van der Waals surface area contributed by atoms with Crippen molar-refractivity contribution in [3.8, 4) is 11.1 Å². The molecule has 0 spiro atoms. The first kappa shape index (κ1) is 19.6. The molecule has 4 rings (SSSR count). The SMILES string of the molecule is O=C(Nc1ccc(-c2ccccc2)cc1)C1C(=O)NC(CCc2ccccc2)C1=O. The van der Waals surface area contributed by atoms with Gasteiger partial charge in [-0.05, 0) is 41.7 Å². The molecule has 30 heavy (non-hydrogen) atoms. The van der Waals surface area contributed by atoms with E-state index < -0.39 is 23.8 Å². The van der Waals surface area contributed by atoms with Crippen molar-refractivity contribution < 1.29 is 14.4 Å². The number of hydrogen-bond donors (Lipinski definition) is 2. The van der Waals surface area contributed by atoms with Crippen molar-refractivity contribution in [2.24, 2.45) is 5.92 Å². The summed E-state index contributed by atoms with van der Waals surface area (Å²) in [6.07, 6.45) is 1.14. The maximum Gasteiger partial charge on any atom is 0.244 e. The van der Waals surface area contributed by atoms with Crippen LogP contribution in [0.25, 0.3) is 11.1 Å². The molecule has 2 amide bonds. The topological polar surface area (TPSA) is 75.3 Å². The fourth-order valence-electron chi connectivity index (χ4n) is 3.67. The van der Waals surface area contributed by atoms with E-state index in [0.717, 1.165) is 16.7 Å². The van der Waals surface area contributed by atoms with E-state index in [0.29, 0.717) is 18.5 Å². The van der Waals surface area contributed by atoms with E-state index in [1.165, 1.54) is 0 Å². The number of nitrogens with one attached hydrogen (secondary N) is 2. The number of benzene rings is 3. The van der Waals surface area contributed by atoms with Gasteiger partial charge >= 0.3 is 0 Å². The average molecular weight is 398 g/mol. The number of amides is 2. The molecule has 2 unspecified atom stereocenters. The van der Waals surface area contributed by atoms with Crippen molar-refractivity contribution in [1.29, 1.82) is 0 Å². The van der Waals surface area contributed by atoms with Crippen LogP contribution in [0.3, 0.4) is 0 Å². The summed E-state index contributed by atoms with van der Waals surface area (Å²) in [5, 5.41) is 5.37. The minimum Gasteiger partial charge on any atom is -0.345 e. The number of aryl methyl sites for hydroxylation is 1. The maximum absolute atomic E-state index is 12.7. The second-order valence-corrected chi connectivity index (χ2v) is 7.35. The summed E-state index contributed by atoms with van der Waals surface area (Å²) in [5.74, 6) is -2.79. The van der Waals surface area contributed by atoms with Crippen LogP contribution in [0.1, 0.15) is 12.0 Å². The highest BCUT2D eigenvalue weighted by molar-refractivity contribution is 6.26. The average Bonchev–Trinajstić information content (AvgIpc) is 3.07. The Kier molecular flexibility index (Phi) is 5.70. The quantitative estimate of drug-likeness (QED) is 0.623. The molecule has 0 saturated carbocycles. The number of anilines is 1. The van der Waals surface area contributed by atoms with Gasteiger partial charge in [-0.3, -0.25) is 14.4 Å². The van der Waals surface area contributed by atoms with Gasteiger partial charge < -0.3 is 10.6 Å². The van der Waals surface area contributed by atoms with E-state index in [2.05, 4.69) is 10.6 Å². The molecular weight excluding hydrogens is 376 g/mol. The molecule has 2 atom stereocenters. The standard InChI is InChI=1S/C25H22N2O3/c28-23-21(16-11-17-7-3-1-4-8-17)27-25(30)22(23)24(29)26-20-14-12-19(13-15-20)18-9-5-2-6-10-18/h1-10,12-15,21-22H,11,16H2,(H,26,29)(H,27,30). The Bertz CT molecular complexity index is 1050. The Hall–Kier alpha value is -3.73. The van der Waals surface area contributed by atoms with Crippen molar-refractivity contribution in [3.05, 3.63) is 90.5 Å². The fourth-order valence-corrected chi connectivity index (χ4v) is 3.67. The molecule has 2 N–H and O–H groups in total. The number of rotatable bonds is 6. The molecule has 3 aromatic carbocycles. The van der Waals surface area contributed by atoms with Gasteiger partial charge in [0.15, 0.2) is 11.7 Å². The molecule has 1 fully saturated rings. The van der Waals surface area contributed by atoms with Crippen LogP contribution in [0.2, 0.25) is 0 Å². The van der Waals surface area contributed by atoms with E-state index >= 15 is 0 Å². The maximum atomic E-state index is 12.7. The Morgan fingerprint density at radius 1 is 0.800 bits per heavy atom. The van der Waals surface area contributed by atoms with Gasteiger partial charge in [0.25, 0.3) is 0 Å². The molecule has 5 nitrogen and oxygen atoms in total. The van der Waals surface area contributed by atoms with E-state index in [1.54, 1.807) is 12.1 Å². The predicted molar refractivity (Wildman–Crippen MR) is 116 cm³/mol. The van der Waals surface area contributed by atoms with Gasteiger partial charge in [0.1, 0.15) is 0 Å². The van der Waals surface area contributed by atoms with Crippen LogP contribution in [0, 0.1) is 5.92 Å². The van der Waals surface area contributed by atoms with Crippen molar-refractivity contribution in [2.75, 3.05) is 5.32 Å². The first-order valence-electron chi connectivity index (χ1n) is 9.96. The van der Waals surface area contributed by atoms with Gasteiger partial charge in [-0.2, -0.15) is 0 Å². The summed E-state index contributed by atoms with van der Waals surface area (Å²) in [4.78, 5) is 37.6. The lowest BCUT2D eigenvalue weighted by molar-refractivity contribution is -0.135. The second kappa shape index (κ2) is 8.74. The second-order valence-electron chi connectivity index (χ2n) is 7.35. The molecule has 1 aliphatic rings. The Morgan fingerprint density at radius 2 is 1.40 bits per heavy atom. The summed E-state index contributed by atoms with van der Waals surface area (Å²) in [6.45, 7) is 0. The molecule has 0 bridgehead atoms. The molecule has 0 radical (unpaired) electrons. The van der Waals surface area contributed by atoms with Gasteiger partial charge in [-0.25, -0.2) is 0 Å². The van der Waals surface area contributed by atoms with Gasteiger partial charge in [0.05, 0.1) is 6.04 Å². The predicted octanol–water partition coefficient (Wildman–Crippen LogP) is 3.61. The molecule has 3 aromatic rings. The summed E-state index contributed by atoms with van der Waals surface area (Å²) in [7, 11) is 0. The molecule has 1 aliphatic heterocycles.